The third-order valence-electron chi connectivity index (χ3n) is 2.89. The van der Waals surface area contributed by atoms with E-state index in [1.165, 1.54) is 0 Å². The maximum Gasteiger partial charge on any atom is 0.229 e. The van der Waals surface area contributed by atoms with Crippen LogP contribution in [0.2, 0.25) is 5.02 Å². The number of anilines is 4. The lowest BCUT2D eigenvalue weighted by molar-refractivity contribution is 1.17. The molecule has 0 aliphatic rings. The molecule has 1 aromatic heterocycles. The summed E-state index contributed by atoms with van der Waals surface area (Å²) in [6.07, 6.45) is 1.69. The Morgan fingerprint density at radius 2 is 1.68 bits per heavy atom. The van der Waals surface area contributed by atoms with Gasteiger partial charge in [-0.05, 0) is 42.5 Å². The average Bonchev–Trinajstić information content (AvgIpc) is 2.52. The summed E-state index contributed by atoms with van der Waals surface area (Å²) in [6.45, 7) is 0. The van der Waals surface area contributed by atoms with Crippen LogP contribution in [-0.4, -0.2) is 9.97 Å². The van der Waals surface area contributed by atoms with Gasteiger partial charge in [-0.2, -0.15) is 4.98 Å². The summed E-state index contributed by atoms with van der Waals surface area (Å²) in [5.74, 6) is 1.18. The first-order chi connectivity index (χ1) is 10.7. The average molecular weight is 376 g/mol. The molecule has 0 atom stereocenters. The number of aromatic nitrogens is 2. The normalized spacial score (nSPS) is 10.3. The van der Waals surface area contributed by atoms with Gasteiger partial charge in [0.25, 0.3) is 0 Å². The van der Waals surface area contributed by atoms with Gasteiger partial charge in [0.15, 0.2) is 0 Å². The lowest BCUT2D eigenvalue weighted by Gasteiger charge is -2.09. The molecule has 4 nitrogen and oxygen atoms in total. The first-order valence-corrected chi connectivity index (χ1v) is 7.75. The molecule has 0 aliphatic heterocycles. The van der Waals surface area contributed by atoms with E-state index in [-0.39, 0.29) is 0 Å². The van der Waals surface area contributed by atoms with Crippen molar-refractivity contribution in [3.8, 4) is 0 Å². The number of nitrogens with one attached hydrogen (secondary N) is 2. The van der Waals surface area contributed by atoms with Gasteiger partial charge in [-0.3, -0.25) is 0 Å². The van der Waals surface area contributed by atoms with Crippen molar-refractivity contribution in [2.24, 2.45) is 0 Å². The van der Waals surface area contributed by atoms with Crippen molar-refractivity contribution in [3.05, 3.63) is 70.3 Å². The van der Waals surface area contributed by atoms with E-state index in [4.69, 9.17) is 11.6 Å². The Kier molecular flexibility index (Phi) is 4.56. The molecule has 0 radical (unpaired) electrons. The van der Waals surface area contributed by atoms with Crippen molar-refractivity contribution in [1.82, 2.24) is 9.97 Å². The smallest absolute Gasteiger partial charge is 0.229 e. The number of benzene rings is 2. The van der Waals surface area contributed by atoms with E-state index >= 15 is 0 Å². The topological polar surface area (TPSA) is 49.8 Å². The number of rotatable bonds is 4. The molecular weight excluding hydrogens is 364 g/mol. The molecule has 0 unspecified atom stereocenters. The minimum Gasteiger partial charge on any atom is -0.339 e. The van der Waals surface area contributed by atoms with E-state index in [9.17, 15) is 0 Å². The molecular formula is C16H12BrClN4. The molecule has 0 aliphatic carbocycles. The second kappa shape index (κ2) is 6.77. The van der Waals surface area contributed by atoms with Crippen LogP contribution in [0.3, 0.4) is 0 Å². The fourth-order valence-corrected chi connectivity index (χ4v) is 2.30. The predicted octanol–water partition coefficient (Wildman–Crippen LogP) is 5.38. The van der Waals surface area contributed by atoms with Crippen LogP contribution in [0.4, 0.5) is 23.1 Å². The summed E-state index contributed by atoms with van der Waals surface area (Å²) in [6, 6.07) is 17.1. The molecule has 2 N–H and O–H groups in total. The van der Waals surface area contributed by atoms with Gasteiger partial charge in [0.2, 0.25) is 5.95 Å². The molecule has 3 rings (SSSR count). The Morgan fingerprint density at radius 1 is 0.909 bits per heavy atom. The highest BCUT2D eigenvalue weighted by atomic mass is 79.9. The first-order valence-electron chi connectivity index (χ1n) is 6.58. The van der Waals surface area contributed by atoms with Crippen LogP contribution in [0.5, 0.6) is 0 Å². The maximum absolute atomic E-state index is 6.13. The van der Waals surface area contributed by atoms with Crippen LogP contribution in [0.1, 0.15) is 0 Å². The van der Waals surface area contributed by atoms with Gasteiger partial charge in [-0.25, -0.2) is 4.98 Å². The van der Waals surface area contributed by atoms with Gasteiger partial charge in [-0.15, -0.1) is 0 Å². The second-order valence-corrected chi connectivity index (χ2v) is 5.83. The standard InChI is InChI=1S/C16H12BrClN4/c17-11-5-7-12(8-6-11)20-16-19-10-9-15(22-16)21-14-4-2-1-3-13(14)18/h1-10H,(H2,19,20,21,22). The Bertz CT molecular complexity index is 777. The molecule has 0 spiro atoms. The molecule has 0 saturated heterocycles. The molecule has 0 bridgehead atoms. The highest BCUT2D eigenvalue weighted by molar-refractivity contribution is 9.10. The van der Waals surface area contributed by atoms with Gasteiger partial charge in [0.1, 0.15) is 5.82 Å². The summed E-state index contributed by atoms with van der Waals surface area (Å²) in [4.78, 5) is 8.64. The van der Waals surface area contributed by atoms with Crippen molar-refractivity contribution >= 4 is 50.7 Å². The Labute approximate surface area is 141 Å². The molecule has 0 saturated carbocycles. The van der Waals surface area contributed by atoms with E-state index in [1.807, 2.05) is 48.5 Å². The SMILES string of the molecule is Clc1ccccc1Nc1ccnc(Nc2ccc(Br)cc2)n1. The van der Waals surface area contributed by atoms with E-state index in [0.717, 1.165) is 15.8 Å². The Balaban J connectivity index is 1.78. The zero-order valence-corrected chi connectivity index (χ0v) is 13.8. The van der Waals surface area contributed by atoms with Crippen molar-refractivity contribution in [2.45, 2.75) is 0 Å². The van der Waals surface area contributed by atoms with E-state index in [1.54, 1.807) is 12.3 Å². The zero-order valence-electron chi connectivity index (χ0n) is 11.4. The Hall–Kier alpha value is -2.11. The van der Waals surface area contributed by atoms with Crippen LogP contribution in [-0.2, 0) is 0 Å². The number of nitrogens with zero attached hydrogens (tertiary/aromatic N) is 2. The maximum atomic E-state index is 6.13. The highest BCUT2D eigenvalue weighted by Gasteiger charge is 2.03. The van der Waals surface area contributed by atoms with Gasteiger partial charge in [0.05, 0.1) is 10.7 Å². The Morgan fingerprint density at radius 3 is 2.45 bits per heavy atom. The predicted molar refractivity (Wildman–Crippen MR) is 94.2 cm³/mol. The zero-order chi connectivity index (χ0) is 15.4. The molecule has 0 amide bonds. The van der Waals surface area contributed by atoms with Gasteiger partial charge in [-0.1, -0.05) is 39.7 Å². The van der Waals surface area contributed by atoms with Crippen molar-refractivity contribution < 1.29 is 0 Å². The molecule has 1 heterocycles. The van der Waals surface area contributed by atoms with Crippen LogP contribution < -0.4 is 10.6 Å². The molecule has 2 aromatic carbocycles. The molecule has 0 fully saturated rings. The largest absolute Gasteiger partial charge is 0.339 e. The number of para-hydroxylation sites is 1. The monoisotopic (exact) mass is 374 g/mol. The highest BCUT2D eigenvalue weighted by Crippen LogP contribution is 2.24. The molecule has 110 valence electrons. The van der Waals surface area contributed by atoms with E-state index in [2.05, 4.69) is 36.5 Å². The summed E-state index contributed by atoms with van der Waals surface area (Å²) in [7, 11) is 0. The van der Waals surface area contributed by atoms with Crippen LogP contribution in [0.15, 0.2) is 65.3 Å². The van der Waals surface area contributed by atoms with E-state index in [0.29, 0.717) is 16.8 Å². The second-order valence-electron chi connectivity index (χ2n) is 4.50. The molecule has 22 heavy (non-hydrogen) atoms. The summed E-state index contributed by atoms with van der Waals surface area (Å²) in [5.41, 5.74) is 1.72. The van der Waals surface area contributed by atoms with Gasteiger partial charge < -0.3 is 10.6 Å². The van der Waals surface area contributed by atoms with Crippen molar-refractivity contribution in [3.63, 3.8) is 0 Å². The first kappa shape index (κ1) is 14.8. The van der Waals surface area contributed by atoms with Crippen LogP contribution in [0, 0.1) is 0 Å². The summed E-state index contributed by atoms with van der Waals surface area (Å²) >= 11 is 9.54. The fourth-order valence-electron chi connectivity index (χ4n) is 1.85. The quantitative estimate of drug-likeness (QED) is 0.643. The number of hydrogen-bond acceptors (Lipinski definition) is 4. The summed E-state index contributed by atoms with van der Waals surface area (Å²) < 4.78 is 1.02. The van der Waals surface area contributed by atoms with Gasteiger partial charge in [0, 0.05) is 16.4 Å². The number of hydrogen-bond donors (Lipinski definition) is 2. The molecule has 3 aromatic rings. The van der Waals surface area contributed by atoms with Crippen molar-refractivity contribution in [1.29, 1.82) is 0 Å². The van der Waals surface area contributed by atoms with Crippen LogP contribution in [0.25, 0.3) is 0 Å². The lowest BCUT2D eigenvalue weighted by Crippen LogP contribution is -2.00. The minimum absolute atomic E-state index is 0.513. The minimum atomic E-state index is 0.513. The van der Waals surface area contributed by atoms with Crippen molar-refractivity contribution in [2.75, 3.05) is 10.6 Å². The summed E-state index contributed by atoms with van der Waals surface area (Å²) in [5, 5.41) is 6.97. The lowest BCUT2D eigenvalue weighted by atomic mass is 10.3. The molecule has 6 heteroatoms. The third-order valence-corrected chi connectivity index (χ3v) is 3.75. The van der Waals surface area contributed by atoms with Gasteiger partial charge >= 0.3 is 0 Å². The fraction of sp³-hybridized carbons (Fsp3) is 0. The van der Waals surface area contributed by atoms with Crippen LogP contribution >= 0.6 is 27.5 Å². The third kappa shape index (κ3) is 3.75. The van der Waals surface area contributed by atoms with E-state index < -0.39 is 0 Å². The number of halogens is 2.